The van der Waals surface area contributed by atoms with Crippen molar-refractivity contribution in [3.05, 3.63) is 24.3 Å². The van der Waals surface area contributed by atoms with Gasteiger partial charge in [0.1, 0.15) is 5.75 Å². The molecule has 0 fully saturated rings. The third-order valence-corrected chi connectivity index (χ3v) is 1.35. The average Bonchev–Trinajstić information content (AvgIpc) is 2.56. The highest BCUT2D eigenvalue weighted by Gasteiger charge is 1.98. The predicted octanol–water partition coefficient (Wildman–Crippen LogP) is -0.237. The van der Waals surface area contributed by atoms with Gasteiger partial charge < -0.3 is 5.11 Å². The summed E-state index contributed by atoms with van der Waals surface area (Å²) in [5, 5.41) is 22.8. The van der Waals surface area contributed by atoms with E-state index in [1.54, 1.807) is 18.2 Å². The Balaban J connectivity index is 2.48. The minimum atomic E-state index is 0.157. The molecule has 6 heteroatoms. The third-order valence-electron chi connectivity index (χ3n) is 1.35. The fourth-order valence-electron chi connectivity index (χ4n) is 0.850. The quantitative estimate of drug-likeness (QED) is 0.628. The topological polar surface area (TPSA) is 76.7 Å². The minimum Gasteiger partial charge on any atom is -0.508 e. The van der Waals surface area contributed by atoms with Crippen LogP contribution in [-0.4, -0.2) is 30.8 Å². The number of benzene rings is 1. The number of aromatic nitrogens is 5. The monoisotopic (exact) mass is 163 g/mol. The average molecular weight is 163 g/mol. The summed E-state index contributed by atoms with van der Waals surface area (Å²) in [5.41, 5.74) is 0.625. The maximum atomic E-state index is 9.10. The number of nitrogens with zero attached hydrogens (tertiary/aromatic N) is 5. The van der Waals surface area contributed by atoms with Crippen LogP contribution in [0.5, 0.6) is 5.75 Å². The normalized spacial score (nSPS) is 10.0. The van der Waals surface area contributed by atoms with Crippen LogP contribution >= 0.6 is 0 Å². The molecule has 2 aromatic rings. The zero-order valence-electron chi connectivity index (χ0n) is 5.99. The van der Waals surface area contributed by atoms with Gasteiger partial charge in [-0.05, 0) is 33.0 Å². The molecular weight excluding hydrogens is 158 g/mol. The van der Waals surface area contributed by atoms with Crippen LogP contribution in [-0.2, 0) is 0 Å². The lowest BCUT2D eigenvalue weighted by Crippen LogP contribution is -1.98. The lowest BCUT2D eigenvalue weighted by Gasteiger charge is -1.96. The first kappa shape index (κ1) is 6.71. The van der Waals surface area contributed by atoms with Crippen molar-refractivity contribution in [3.8, 4) is 11.4 Å². The molecule has 2 rings (SSSR count). The van der Waals surface area contributed by atoms with Gasteiger partial charge >= 0.3 is 0 Å². The zero-order valence-corrected chi connectivity index (χ0v) is 5.99. The van der Waals surface area contributed by atoms with E-state index in [1.807, 2.05) is 0 Å². The van der Waals surface area contributed by atoms with Crippen molar-refractivity contribution in [2.24, 2.45) is 0 Å². The van der Waals surface area contributed by atoms with Crippen molar-refractivity contribution in [1.82, 2.24) is 25.7 Å². The number of hydrogen-bond acceptors (Lipinski definition) is 5. The molecule has 1 aromatic heterocycles. The molecule has 0 unspecified atom stereocenters. The molecule has 6 nitrogen and oxygen atoms in total. The summed E-state index contributed by atoms with van der Waals surface area (Å²) in [5.74, 6) is 0.157. The molecule has 0 aliphatic heterocycles. The van der Waals surface area contributed by atoms with Gasteiger partial charge in [0.15, 0.2) is 0 Å². The Morgan fingerprint density at radius 1 is 1.17 bits per heavy atom. The van der Waals surface area contributed by atoms with Crippen LogP contribution in [0.1, 0.15) is 0 Å². The van der Waals surface area contributed by atoms with Gasteiger partial charge in [-0.1, -0.05) is 6.07 Å². The second kappa shape index (κ2) is 2.57. The first-order valence-corrected chi connectivity index (χ1v) is 3.27. The van der Waals surface area contributed by atoms with Gasteiger partial charge in [0.05, 0.1) is 5.69 Å². The molecular formula is C6H5N5O. The zero-order chi connectivity index (χ0) is 8.39. The van der Waals surface area contributed by atoms with Crippen LogP contribution in [0.25, 0.3) is 5.69 Å². The smallest absolute Gasteiger partial charge is 0.117 e. The highest BCUT2D eigenvalue weighted by Crippen LogP contribution is 2.12. The first-order valence-electron chi connectivity index (χ1n) is 3.27. The van der Waals surface area contributed by atoms with E-state index >= 15 is 0 Å². The number of hydrogen-bond donors (Lipinski definition) is 1. The Bertz CT molecular complexity index is 371. The third kappa shape index (κ3) is 1.09. The van der Waals surface area contributed by atoms with Gasteiger partial charge in [-0.3, -0.25) is 0 Å². The summed E-state index contributed by atoms with van der Waals surface area (Å²) in [6, 6.07) is 6.51. The van der Waals surface area contributed by atoms with Crippen LogP contribution in [0.15, 0.2) is 24.3 Å². The molecule has 0 spiro atoms. The largest absolute Gasteiger partial charge is 0.508 e. The van der Waals surface area contributed by atoms with Gasteiger partial charge in [0, 0.05) is 6.07 Å². The Kier molecular flexibility index (Phi) is 1.44. The fraction of sp³-hybridized carbons (Fsp3) is 0. The van der Waals surface area contributed by atoms with E-state index in [-0.39, 0.29) is 5.75 Å². The van der Waals surface area contributed by atoms with Crippen LogP contribution in [0, 0.1) is 0 Å². The number of rotatable bonds is 1. The van der Waals surface area contributed by atoms with Gasteiger partial charge in [0.25, 0.3) is 0 Å². The van der Waals surface area contributed by atoms with Crippen LogP contribution in [0.4, 0.5) is 0 Å². The molecule has 0 aliphatic rings. The van der Waals surface area contributed by atoms with Crippen LogP contribution in [0.3, 0.4) is 0 Å². The summed E-state index contributed by atoms with van der Waals surface area (Å²) in [6.07, 6.45) is 0. The Morgan fingerprint density at radius 3 is 2.58 bits per heavy atom. The van der Waals surface area contributed by atoms with Gasteiger partial charge in [-0.25, -0.2) is 0 Å². The molecule has 1 N–H and O–H groups in total. The van der Waals surface area contributed by atoms with E-state index in [1.165, 1.54) is 10.9 Å². The molecule has 0 atom stereocenters. The summed E-state index contributed by atoms with van der Waals surface area (Å²) < 4.78 is 0. The van der Waals surface area contributed by atoms with E-state index in [4.69, 9.17) is 5.11 Å². The SMILES string of the molecule is Oc1cccc(-n2nnnn2)c1. The molecule has 0 saturated heterocycles. The number of phenolic OH excluding ortho intramolecular Hbond substituents is 1. The maximum absolute atomic E-state index is 9.10. The molecule has 0 bridgehead atoms. The fourth-order valence-corrected chi connectivity index (χ4v) is 0.850. The van der Waals surface area contributed by atoms with E-state index in [0.29, 0.717) is 5.69 Å². The molecule has 1 heterocycles. The summed E-state index contributed by atoms with van der Waals surface area (Å²) in [6.45, 7) is 0. The van der Waals surface area contributed by atoms with E-state index in [0.717, 1.165) is 0 Å². The first-order chi connectivity index (χ1) is 5.86. The molecule has 0 aliphatic carbocycles. The number of phenols is 1. The van der Waals surface area contributed by atoms with E-state index < -0.39 is 0 Å². The van der Waals surface area contributed by atoms with Crippen molar-refractivity contribution in [1.29, 1.82) is 0 Å². The Morgan fingerprint density at radius 2 is 1.92 bits per heavy atom. The molecule has 60 valence electrons. The molecule has 0 saturated carbocycles. The second-order valence-electron chi connectivity index (χ2n) is 2.17. The second-order valence-corrected chi connectivity index (χ2v) is 2.17. The molecule has 0 radical (unpaired) electrons. The van der Waals surface area contributed by atoms with Crippen LogP contribution < -0.4 is 0 Å². The van der Waals surface area contributed by atoms with Crippen molar-refractivity contribution >= 4 is 0 Å². The predicted molar refractivity (Wildman–Crippen MR) is 38.6 cm³/mol. The standard InChI is InChI=1S/C6H5N5O/c12-6-3-1-2-5(4-6)11-9-7-8-10-11/h1-4,12H. The van der Waals surface area contributed by atoms with E-state index in [2.05, 4.69) is 20.9 Å². The maximum Gasteiger partial charge on any atom is 0.117 e. The van der Waals surface area contributed by atoms with Crippen molar-refractivity contribution in [2.75, 3.05) is 0 Å². The Hall–Kier alpha value is -1.98. The van der Waals surface area contributed by atoms with Gasteiger partial charge in [-0.2, -0.15) is 0 Å². The van der Waals surface area contributed by atoms with Gasteiger partial charge in [0.2, 0.25) is 0 Å². The summed E-state index contributed by atoms with van der Waals surface area (Å²) >= 11 is 0. The van der Waals surface area contributed by atoms with Crippen LogP contribution in [0.2, 0.25) is 0 Å². The highest BCUT2D eigenvalue weighted by atomic mass is 16.3. The van der Waals surface area contributed by atoms with Gasteiger partial charge in [-0.15, -0.1) is 4.80 Å². The molecule has 1 aromatic carbocycles. The lowest BCUT2D eigenvalue weighted by molar-refractivity contribution is 0.474. The van der Waals surface area contributed by atoms with Crippen molar-refractivity contribution in [2.45, 2.75) is 0 Å². The lowest BCUT2D eigenvalue weighted by atomic mass is 10.3. The summed E-state index contributed by atoms with van der Waals surface area (Å²) in [7, 11) is 0. The molecule has 12 heavy (non-hydrogen) atoms. The Labute approximate surface area is 67.4 Å². The van der Waals surface area contributed by atoms with Crippen molar-refractivity contribution in [3.63, 3.8) is 0 Å². The minimum absolute atomic E-state index is 0.157. The number of aromatic hydroxyl groups is 1. The van der Waals surface area contributed by atoms with E-state index in [9.17, 15) is 0 Å². The summed E-state index contributed by atoms with van der Waals surface area (Å²) in [4.78, 5) is 1.22. The molecule has 0 amide bonds. The highest BCUT2D eigenvalue weighted by molar-refractivity contribution is 5.36. The van der Waals surface area contributed by atoms with Crippen molar-refractivity contribution < 1.29 is 5.11 Å².